The fourth-order valence-corrected chi connectivity index (χ4v) is 3.98. The molecular weight excluding hydrogens is 352 g/mol. The normalized spacial score (nSPS) is 20.5. The average Bonchev–Trinajstić information content (AvgIpc) is 3.17. The highest BCUT2D eigenvalue weighted by Gasteiger charge is 2.44. The summed E-state index contributed by atoms with van der Waals surface area (Å²) in [6.07, 6.45) is 1.69. The van der Waals surface area contributed by atoms with Crippen molar-refractivity contribution in [1.82, 2.24) is 9.88 Å². The van der Waals surface area contributed by atoms with E-state index >= 15 is 0 Å². The van der Waals surface area contributed by atoms with Crippen molar-refractivity contribution < 1.29 is 14.3 Å². The molecule has 0 saturated carbocycles. The minimum atomic E-state index is -0.484. The number of hydrogen-bond acceptors (Lipinski definition) is 5. The quantitative estimate of drug-likeness (QED) is 0.638. The second-order valence-corrected chi connectivity index (χ2v) is 7.18. The molecule has 1 saturated heterocycles. The molecule has 5 nitrogen and oxygen atoms in total. The van der Waals surface area contributed by atoms with Crippen molar-refractivity contribution in [2.45, 2.75) is 19.2 Å². The van der Waals surface area contributed by atoms with Crippen LogP contribution in [0.3, 0.4) is 0 Å². The first-order valence-electron chi connectivity index (χ1n) is 9.32. The summed E-state index contributed by atoms with van der Waals surface area (Å²) in [5.41, 5.74) is 5.92. The van der Waals surface area contributed by atoms with Gasteiger partial charge in [-0.2, -0.15) is 0 Å². The predicted molar refractivity (Wildman–Crippen MR) is 107 cm³/mol. The Bertz CT molecular complexity index is 1100. The van der Waals surface area contributed by atoms with Crippen LogP contribution in [0.25, 0.3) is 22.7 Å². The van der Waals surface area contributed by atoms with Gasteiger partial charge in [-0.25, -0.2) is 9.78 Å². The van der Waals surface area contributed by atoms with Crippen LogP contribution in [-0.4, -0.2) is 35.6 Å². The summed E-state index contributed by atoms with van der Waals surface area (Å²) < 4.78 is 11.1. The molecule has 2 aliphatic heterocycles. The maximum Gasteiger partial charge on any atom is 0.331 e. The number of carbonyl (C=O) groups is 1. The van der Waals surface area contributed by atoms with E-state index in [2.05, 4.69) is 37.3 Å². The van der Waals surface area contributed by atoms with Crippen molar-refractivity contribution >= 4 is 28.6 Å². The molecule has 5 heteroatoms. The highest BCUT2D eigenvalue weighted by Crippen LogP contribution is 2.44. The lowest BCUT2D eigenvalue weighted by atomic mass is 9.97. The van der Waals surface area contributed by atoms with Gasteiger partial charge in [-0.1, -0.05) is 48.0 Å². The Kier molecular flexibility index (Phi) is 3.91. The van der Waals surface area contributed by atoms with Gasteiger partial charge in [0, 0.05) is 16.6 Å². The highest BCUT2D eigenvalue weighted by atomic mass is 16.5. The molecule has 28 heavy (non-hydrogen) atoms. The van der Waals surface area contributed by atoms with Crippen LogP contribution in [0, 0.1) is 6.92 Å². The zero-order chi connectivity index (χ0) is 19.3. The van der Waals surface area contributed by atoms with Crippen molar-refractivity contribution in [3.63, 3.8) is 0 Å². The van der Waals surface area contributed by atoms with E-state index in [9.17, 15) is 4.79 Å². The third-order valence-electron chi connectivity index (χ3n) is 5.42. The van der Waals surface area contributed by atoms with Crippen molar-refractivity contribution in [1.29, 1.82) is 0 Å². The summed E-state index contributed by atoms with van der Waals surface area (Å²) in [5, 5.41) is 1.05. The number of aromatic nitrogens is 1. The number of nitrogens with zero attached hydrogens (tertiary/aromatic N) is 2. The number of esters is 1. The van der Waals surface area contributed by atoms with E-state index in [0.29, 0.717) is 0 Å². The standard InChI is InChI=1S/C23H20N2O3/c1-14-7-9-15(10-8-14)20-12-19-17(11-16-5-3-4-6-18(16)24-19)22-25(20)21(13-28-22)23(26)27-2/h3-12,21-22H,13H2,1-2H3/t21-,22-/m0/s1. The van der Waals surface area contributed by atoms with E-state index in [1.54, 1.807) is 0 Å². The molecule has 0 amide bonds. The van der Waals surface area contributed by atoms with Crippen molar-refractivity contribution in [3.8, 4) is 0 Å². The van der Waals surface area contributed by atoms with Gasteiger partial charge in [0.2, 0.25) is 0 Å². The Morgan fingerprint density at radius 1 is 1.18 bits per heavy atom. The van der Waals surface area contributed by atoms with Crippen molar-refractivity contribution in [2.75, 3.05) is 13.7 Å². The van der Waals surface area contributed by atoms with E-state index in [-0.39, 0.29) is 18.8 Å². The van der Waals surface area contributed by atoms with Crippen LogP contribution >= 0.6 is 0 Å². The second kappa shape index (κ2) is 6.46. The number of methoxy groups -OCH3 is 1. The maximum atomic E-state index is 12.4. The molecule has 1 fully saturated rings. The molecule has 5 rings (SSSR count). The van der Waals surface area contributed by atoms with Crippen LogP contribution in [0.4, 0.5) is 0 Å². The fraction of sp³-hybridized carbons (Fsp3) is 0.217. The monoisotopic (exact) mass is 372 g/mol. The maximum absolute atomic E-state index is 12.4. The Balaban J connectivity index is 1.72. The zero-order valence-corrected chi connectivity index (χ0v) is 15.8. The van der Waals surface area contributed by atoms with Crippen LogP contribution in [0.2, 0.25) is 0 Å². The van der Waals surface area contributed by atoms with Crippen molar-refractivity contribution in [3.05, 3.63) is 77.0 Å². The lowest BCUT2D eigenvalue weighted by molar-refractivity contribution is -0.144. The first-order chi connectivity index (χ1) is 13.7. The summed E-state index contributed by atoms with van der Waals surface area (Å²) in [6.45, 7) is 2.34. The molecule has 0 radical (unpaired) electrons. The van der Waals surface area contributed by atoms with E-state index in [1.165, 1.54) is 12.7 Å². The van der Waals surface area contributed by atoms with Gasteiger partial charge in [-0.3, -0.25) is 0 Å². The number of rotatable bonds is 2. The van der Waals surface area contributed by atoms with Gasteiger partial charge in [0.1, 0.15) is 0 Å². The summed E-state index contributed by atoms with van der Waals surface area (Å²) >= 11 is 0. The summed E-state index contributed by atoms with van der Waals surface area (Å²) in [5.74, 6) is -0.294. The number of carbonyl (C=O) groups excluding carboxylic acids is 1. The SMILES string of the molecule is COC(=O)[C@@H]1CO[C@H]2c3cc4ccccc4nc3C=C(c3ccc(C)cc3)N12. The minimum absolute atomic E-state index is 0.285. The van der Waals surface area contributed by atoms with E-state index in [0.717, 1.165) is 33.4 Å². The summed E-state index contributed by atoms with van der Waals surface area (Å²) in [7, 11) is 1.41. The van der Waals surface area contributed by atoms with Crippen LogP contribution in [0.15, 0.2) is 54.6 Å². The second-order valence-electron chi connectivity index (χ2n) is 7.18. The van der Waals surface area contributed by atoms with Gasteiger partial charge >= 0.3 is 5.97 Å². The Morgan fingerprint density at radius 2 is 1.96 bits per heavy atom. The average molecular weight is 372 g/mol. The lowest BCUT2D eigenvalue weighted by Crippen LogP contribution is -2.39. The Labute approximate surface area is 163 Å². The first-order valence-corrected chi connectivity index (χ1v) is 9.32. The molecular formula is C23H20N2O3. The number of fused-ring (bicyclic) bond motifs is 4. The molecule has 140 valence electrons. The minimum Gasteiger partial charge on any atom is -0.467 e. The van der Waals surface area contributed by atoms with Gasteiger partial charge in [-0.15, -0.1) is 0 Å². The van der Waals surface area contributed by atoms with Gasteiger partial charge < -0.3 is 14.4 Å². The Hall–Kier alpha value is -3.18. The fourth-order valence-electron chi connectivity index (χ4n) is 3.98. The van der Waals surface area contributed by atoms with Gasteiger partial charge in [0.05, 0.1) is 24.9 Å². The number of aryl methyl sites for hydroxylation is 1. The molecule has 0 aliphatic carbocycles. The highest BCUT2D eigenvalue weighted by molar-refractivity contribution is 5.90. The molecule has 0 bridgehead atoms. The Morgan fingerprint density at radius 3 is 2.75 bits per heavy atom. The van der Waals surface area contributed by atoms with Gasteiger partial charge in [-0.05, 0) is 30.7 Å². The predicted octanol–water partition coefficient (Wildman–Crippen LogP) is 3.93. The van der Waals surface area contributed by atoms with Crippen LogP contribution in [0.5, 0.6) is 0 Å². The smallest absolute Gasteiger partial charge is 0.331 e. The van der Waals surface area contributed by atoms with E-state index in [4.69, 9.17) is 14.5 Å². The lowest BCUT2D eigenvalue weighted by Gasteiger charge is -2.35. The van der Waals surface area contributed by atoms with E-state index in [1.807, 2.05) is 35.2 Å². The molecule has 2 aliphatic rings. The molecule has 3 aromatic rings. The van der Waals surface area contributed by atoms with Crippen LogP contribution in [0.1, 0.15) is 28.6 Å². The number of ether oxygens (including phenoxy) is 2. The third kappa shape index (κ3) is 2.59. The van der Waals surface area contributed by atoms with Crippen molar-refractivity contribution in [2.24, 2.45) is 0 Å². The molecule has 0 unspecified atom stereocenters. The number of hydrogen-bond donors (Lipinski definition) is 0. The molecule has 2 aromatic carbocycles. The molecule has 1 aromatic heterocycles. The molecule has 0 N–H and O–H groups in total. The molecule has 0 spiro atoms. The van der Waals surface area contributed by atoms with Crippen LogP contribution < -0.4 is 0 Å². The zero-order valence-electron chi connectivity index (χ0n) is 15.8. The van der Waals surface area contributed by atoms with Gasteiger partial charge in [0.25, 0.3) is 0 Å². The van der Waals surface area contributed by atoms with Crippen LogP contribution in [-0.2, 0) is 14.3 Å². The third-order valence-corrected chi connectivity index (χ3v) is 5.42. The molecule has 2 atom stereocenters. The van der Waals surface area contributed by atoms with E-state index < -0.39 is 6.04 Å². The number of para-hydroxylation sites is 1. The number of pyridine rings is 1. The van der Waals surface area contributed by atoms with Gasteiger partial charge in [0.15, 0.2) is 12.3 Å². The summed E-state index contributed by atoms with van der Waals surface area (Å²) in [4.78, 5) is 19.3. The first kappa shape index (κ1) is 17.0. The summed E-state index contributed by atoms with van der Waals surface area (Å²) in [6, 6.07) is 17.9. The topological polar surface area (TPSA) is 51.7 Å². The number of benzene rings is 2. The largest absolute Gasteiger partial charge is 0.467 e. The molecule has 3 heterocycles.